The van der Waals surface area contributed by atoms with Crippen LogP contribution in [0.25, 0.3) is 5.69 Å². The average molecular weight is 408 g/mol. The van der Waals surface area contributed by atoms with E-state index in [1.54, 1.807) is 6.07 Å². The van der Waals surface area contributed by atoms with Crippen LogP contribution >= 0.6 is 0 Å². The van der Waals surface area contributed by atoms with E-state index >= 15 is 0 Å². The maximum atomic E-state index is 13.0. The number of primary amides is 1. The van der Waals surface area contributed by atoms with Crippen molar-refractivity contribution in [1.82, 2.24) is 4.57 Å². The Morgan fingerprint density at radius 1 is 1.23 bits per heavy atom. The monoisotopic (exact) mass is 407 g/mol. The summed E-state index contributed by atoms with van der Waals surface area (Å²) in [5, 5.41) is 3.46. The molecule has 1 amide bonds. The topological polar surface area (TPSA) is 86.4 Å². The van der Waals surface area contributed by atoms with Crippen LogP contribution in [0.5, 0.6) is 0 Å². The molecule has 2 aliphatic carbocycles. The minimum atomic E-state index is -0.445. The first-order chi connectivity index (χ1) is 14.3. The van der Waals surface area contributed by atoms with Crippen LogP contribution in [0.4, 0.5) is 5.69 Å². The summed E-state index contributed by atoms with van der Waals surface area (Å²) >= 11 is 0. The Labute approximate surface area is 176 Å². The molecule has 1 aromatic heterocycles. The number of nitrogens with two attached hydrogens (primary N) is 1. The van der Waals surface area contributed by atoms with Crippen molar-refractivity contribution in [3.63, 3.8) is 0 Å². The van der Waals surface area contributed by atoms with E-state index in [1.807, 2.05) is 12.1 Å². The number of carbonyl (C=O) groups is 2. The Morgan fingerprint density at radius 3 is 2.80 bits per heavy atom. The lowest BCUT2D eigenvalue weighted by atomic mass is 9.75. The van der Waals surface area contributed by atoms with Gasteiger partial charge in [0, 0.05) is 41.4 Å². The first-order valence-electron chi connectivity index (χ1n) is 10.9. The van der Waals surface area contributed by atoms with Gasteiger partial charge in [-0.1, -0.05) is 13.8 Å². The second-order valence-corrected chi connectivity index (χ2v) is 9.68. The number of benzene rings is 1. The summed E-state index contributed by atoms with van der Waals surface area (Å²) in [4.78, 5) is 25.1. The largest absolute Gasteiger partial charge is 0.379 e. The molecule has 3 N–H and O–H groups in total. The maximum Gasteiger partial charge on any atom is 0.250 e. The molecule has 30 heavy (non-hydrogen) atoms. The van der Waals surface area contributed by atoms with Gasteiger partial charge in [-0.15, -0.1) is 0 Å². The van der Waals surface area contributed by atoms with Gasteiger partial charge >= 0.3 is 0 Å². The fourth-order valence-electron chi connectivity index (χ4n) is 5.41. The number of ether oxygens (including phenoxy) is 1. The van der Waals surface area contributed by atoms with E-state index in [4.69, 9.17) is 10.5 Å². The van der Waals surface area contributed by atoms with Crippen molar-refractivity contribution in [2.45, 2.75) is 58.4 Å². The number of hydrogen-bond acceptors (Lipinski definition) is 4. The molecular weight excluding hydrogens is 378 g/mol. The number of Topliss-reactive ketones (excluding diaryl/α,β-unsaturated/α-hetero) is 1. The van der Waals surface area contributed by atoms with Gasteiger partial charge in [-0.05, 0) is 61.3 Å². The van der Waals surface area contributed by atoms with Gasteiger partial charge in [0.2, 0.25) is 0 Å². The predicted octanol–water partition coefficient (Wildman–Crippen LogP) is 3.42. The van der Waals surface area contributed by atoms with E-state index in [9.17, 15) is 9.59 Å². The van der Waals surface area contributed by atoms with Crippen molar-refractivity contribution >= 4 is 17.4 Å². The number of carbonyl (C=O) groups excluding carboxylic acids is 2. The van der Waals surface area contributed by atoms with E-state index in [2.05, 4.69) is 23.7 Å². The summed E-state index contributed by atoms with van der Waals surface area (Å²) in [5.74, 6) is -0.174. The zero-order valence-electron chi connectivity index (χ0n) is 17.7. The summed E-state index contributed by atoms with van der Waals surface area (Å²) in [6, 6.07) is 5.95. The number of fused-ring (bicyclic) bond motifs is 3. The van der Waals surface area contributed by atoms with Gasteiger partial charge < -0.3 is 20.4 Å². The van der Waals surface area contributed by atoms with Gasteiger partial charge in [-0.25, -0.2) is 0 Å². The molecule has 1 atom stereocenters. The molecule has 6 heteroatoms. The fourth-order valence-corrected chi connectivity index (χ4v) is 5.41. The predicted molar refractivity (Wildman–Crippen MR) is 116 cm³/mol. The van der Waals surface area contributed by atoms with Crippen LogP contribution in [0.15, 0.2) is 18.2 Å². The zero-order valence-corrected chi connectivity index (χ0v) is 17.7. The number of aromatic nitrogens is 1. The van der Waals surface area contributed by atoms with Gasteiger partial charge in [-0.3, -0.25) is 9.59 Å². The molecular formula is C24H29N3O3. The van der Waals surface area contributed by atoms with Gasteiger partial charge in [0.05, 0.1) is 18.2 Å². The normalized spacial score (nSPS) is 22.1. The quantitative estimate of drug-likeness (QED) is 0.813. The van der Waals surface area contributed by atoms with Crippen LogP contribution in [0.1, 0.15) is 70.8 Å². The third-order valence-corrected chi connectivity index (χ3v) is 6.70. The molecule has 1 fully saturated rings. The van der Waals surface area contributed by atoms with Crippen molar-refractivity contribution in [3.8, 4) is 5.69 Å². The number of anilines is 1. The molecule has 2 aromatic rings. The molecule has 0 spiro atoms. The van der Waals surface area contributed by atoms with Crippen molar-refractivity contribution in [2.75, 3.05) is 18.5 Å². The minimum absolute atomic E-state index is 0.0522. The first-order valence-corrected chi connectivity index (χ1v) is 10.9. The smallest absolute Gasteiger partial charge is 0.250 e. The summed E-state index contributed by atoms with van der Waals surface area (Å²) in [6.45, 7) is 5.68. The lowest BCUT2D eigenvalue weighted by Crippen LogP contribution is -2.28. The van der Waals surface area contributed by atoms with Crippen LogP contribution in [0.3, 0.4) is 0 Å². The SMILES string of the molecule is CC1(C)CC(=O)c2c3c(n(-c4ccc(C(N)=O)c(N[C@H]5CCOC5)c4)c2C1)CCC3. The zero-order chi connectivity index (χ0) is 21.0. The van der Waals surface area contributed by atoms with Gasteiger partial charge in [0.1, 0.15) is 0 Å². The molecule has 1 aliphatic heterocycles. The van der Waals surface area contributed by atoms with Crippen LogP contribution in [0, 0.1) is 5.41 Å². The van der Waals surface area contributed by atoms with Crippen molar-refractivity contribution in [3.05, 3.63) is 46.3 Å². The minimum Gasteiger partial charge on any atom is -0.379 e. The molecule has 3 aliphatic rings. The number of nitrogens with one attached hydrogen (secondary N) is 1. The van der Waals surface area contributed by atoms with Crippen molar-refractivity contribution < 1.29 is 14.3 Å². The Balaban J connectivity index is 1.65. The third-order valence-electron chi connectivity index (χ3n) is 6.70. The number of amides is 1. The van der Waals surface area contributed by atoms with E-state index in [0.29, 0.717) is 18.6 Å². The summed E-state index contributed by atoms with van der Waals surface area (Å²) in [5.41, 5.74) is 12.4. The number of nitrogens with zero attached hydrogens (tertiary/aromatic N) is 1. The lowest BCUT2D eigenvalue weighted by molar-refractivity contribution is 0.0909. The fraction of sp³-hybridized carbons (Fsp3) is 0.500. The molecule has 158 valence electrons. The highest BCUT2D eigenvalue weighted by molar-refractivity contribution is 6.01. The van der Waals surface area contributed by atoms with Crippen LogP contribution in [0.2, 0.25) is 0 Å². The van der Waals surface area contributed by atoms with Crippen LogP contribution in [-0.2, 0) is 24.0 Å². The van der Waals surface area contributed by atoms with Crippen molar-refractivity contribution in [2.24, 2.45) is 11.1 Å². The standard InChI is InChI=1S/C24H29N3O3/c1-24(2)11-20-22(21(28)12-24)17-4-3-5-19(17)27(20)15-6-7-16(23(25)29)18(10-15)26-14-8-9-30-13-14/h6-7,10,14,26H,3-5,8-9,11-13H2,1-2H3,(H2,25,29)/t14-/m0/s1. The van der Waals surface area contributed by atoms with E-state index < -0.39 is 5.91 Å². The highest BCUT2D eigenvalue weighted by Crippen LogP contribution is 2.43. The van der Waals surface area contributed by atoms with Crippen LogP contribution < -0.4 is 11.1 Å². The molecule has 2 heterocycles. The summed E-state index contributed by atoms with van der Waals surface area (Å²) in [6.07, 6.45) is 5.41. The third kappa shape index (κ3) is 3.14. The van der Waals surface area contributed by atoms with Crippen molar-refractivity contribution in [1.29, 1.82) is 0 Å². The average Bonchev–Trinajstić information content (AvgIpc) is 3.37. The molecule has 0 bridgehead atoms. The molecule has 0 saturated carbocycles. The second-order valence-electron chi connectivity index (χ2n) is 9.68. The highest BCUT2D eigenvalue weighted by Gasteiger charge is 2.38. The Bertz CT molecular complexity index is 1040. The Kier molecular flexibility index (Phi) is 4.51. The number of rotatable bonds is 4. The number of hydrogen-bond donors (Lipinski definition) is 2. The Morgan fingerprint density at radius 2 is 2.07 bits per heavy atom. The van der Waals surface area contributed by atoms with Gasteiger partial charge in [-0.2, -0.15) is 0 Å². The van der Waals surface area contributed by atoms with E-state index in [-0.39, 0.29) is 17.2 Å². The second kappa shape index (κ2) is 6.98. The van der Waals surface area contributed by atoms with Gasteiger partial charge in [0.15, 0.2) is 5.78 Å². The highest BCUT2D eigenvalue weighted by atomic mass is 16.5. The molecule has 0 radical (unpaired) electrons. The molecule has 1 aromatic carbocycles. The number of ketones is 1. The maximum absolute atomic E-state index is 13.0. The van der Waals surface area contributed by atoms with E-state index in [0.717, 1.165) is 61.3 Å². The van der Waals surface area contributed by atoms with E-state index in [1.165, 1.54) is 11.3 Å². The Hall–Kier alpha value is -2.60. The molecule has 0 unspecified atom stereocenters. The molecule has 1 saturated heterocycles. The van der Waals surface area contributed by atoms with Gasteiger partial charge in [0.25, 0.3) is 5.91 Å². The molecule has 5 rings (SSSR count). The molecule has 6 nitrogen and oxygen atoms in total. The lowest BCUT2D eigenvalue weighted by Gasteiger charge is -2.30. The first kappa shape index (κ1) is 19.4. The van der Waals surface area contributed by atoms with Crippen LogP contribution in [-0.4, -0.2) is 35.5 Å². The summed E-state index contributed by atoms with van der Waals surface area (Å²) in [7, 11) is 0. The summed E-state index contributed by atoms with van der Waals surface area (Å²) < 4.78 is 7.77.